The standard InChI is InChI=1S/C12H14N4OS/c1-3-8-4-5-9(6-7(8)2)14-10(17)11-15-16-12(13)18-11/h4-6H,3H2,1-2H3,(H2,13,16)(H,14,17). The van der Waals surface area contributed by atoms with Crippen molar-refractivity contribution in [2.24, 2.45) is 0 Å². The SMILES string of the molecule is CCc1ccc(NC(=O)c2nnc(N)s2)cc1C. The molecule has 18 heavy (non-hydrogen) atoms. The molecule has 0 aliphatic heterocycles. The van der Waals surface area contributed by atoms with Crippen LogP contribution in [0.25, 0.3) is 0 Å². The van der Waals surface area contributed by atoms with Gasteiger partial charge in [-0.2, -0.15) is 0 Å². The number of carbonyl (C=O) groups is 1. The topological polar surface area (TPSA) is 80.9 Å². The number of nitrogens with two attached hydrogens (primary N) is 1. The highest BCUT2D eigenvalue weighted by molar-refractivity contribution is 7.16. The van der Waals surface area contributed by atoms with Crippen molar-refractivity contribution in [3.8, 4) is 0 Å². The third kappa shape index (κ3) is 2.65. The summed E-state index contributed by atoms with van der Waals surface area (Å²) in [4.78, 5) is 11.8. The Labute approximate surface area is 109 Å². The first-order valence-corrected chi connectivity index (χ1v) is 6.41. The summed E-state index contributed by atoms with van der Waals surface area (Å²) in [7, 11) is 0. The minimum Gasteiger partial charge on any atom is -0.374 e. The second kappa shape index (κ2) is 5.14. The Balaban J connectivity index is 2.14. The van der Waals surface area contributed by atoms with E-state index in [1.165, 1.54) is 5.56 Å². The monoisotopic (exact) mass is 262 g/mol. The van der Waals surface area contributed by atoms with E-state index in [1.54, 1.807) is 0 Å². The van der Waals surface area contributed by atoms with Gasteiger partial charge in [0.2, 0.25) is 10.1 Å². The van der Waals surface area contributed by atoms with Gasteiger partial charge in [0.15, 0.2) is 0 Å². The summed E-state index contributed by atoms with van der Waals surface area (Å²) in [5.74, 6) is -0.284. The number of nitrogens with zero attached hydrogens (tertiary/aromatic N) is 2. The number of nitrogens with one attached hydrogen (secondary N) is 1. The molecule has 0 atom stereocenters. The van der Waals surface area contributed by atoms with E-state index in [0.717, 1.165) is 29.0 Å². The highest BCUT2D eigenvalue weighted by Gasteiger charge is 2.12. The zero-order chi connectivity index (χ0) is 13.1. The van der Waals surface area contributed by atoms with Gasteiger partial charge in [-0.25, -0.2) is 0 Å². The van der Waals surface area contributed by atoms with Gasteiger partial charge in [0.25, 0.3) is 5.91 Å². The number of hydrogen-bond acceptors (Lipinski definition) is 5. The van der Waals surface area contributed by atoms with Crippen molar-refractivity contribution in [2.45, 2.75) is 20.3 Å². The lowest BCUT2D eigenvalue weighted by Gasteiger charge is -2.07. The lowest BCUT2D eigenvalue weighted by Crippen LogP contribution is -2.11. The van der Waals surface area contributed by atoms with Crippen LogP contribution in [0.5, 0.6) is 0 Å². The Morgan fingerprint density at radius 3 is 2.78 bits per heavy atom. The summed E-state index contributed by atoms with van der Waals surface area (Å²) in [5.41, 5.74) is 8.62. The van der Waals surface area contributed by atoms with Gasteiger partial charge in [0.1, 0.15) is 0 Å². The molecular formula is C12H14N4OS. The summed E-state index contributed by atoms with van der Waals surface area (Å²) in [6.07, 6.45) is 0.979. The van der Waals surface area contributed by atoms with Gasteiger partial charge in [0, 0.05) is 5.69 Å². The molecule has 2 rings (SSSR count). The lowest BCUT2D eigenvalue weighted by atomic mass is 10.1. The summed E-state index contributed by atoms with van der Waals surface area (Å²) < 4.78 is 0. The van der Waals surface area contributed by atoms with E-state index in [1.807, 2.05) is 25.1 Å². The fraction of sp³-hybridized carbons (Fsp3) is 0.250. The van der Waals surface area contributed by atoms with Crippen LogP contribution in [-0.4, -0.2) is 16.1 Å². The normalized spacial score (nSPS) is 10.3. The maximum atomic E-state index is 11.8. The summed E-state index contributed by atoms with van der Waals surface area (Å²) in [5, 5.41) is 10.6. The number of rotatable bonds is 3. The van der Waals surface area contributed by atoms with Crippen molar-refractivity contribution in [3.63, 3.8) is 0 Å². The van der Waals surface area contributed by atoms with Crippen LogP contribution in [0, 0.1) is 6.92 Å². The third-order valence-electron chi connectivity index (χ3n) is 2.62. The largest absolute Gasteiger partial charge is 0.374 e. The minimum absolute atomic E-state index is 0.268. The van der Waals surface area contributed by atoms with E-state index in [4.69, 9.17) is 5.73 Å². The van der Waals surface area contributed by atoms with Crippen molar-refractivity contribution in [2.75, 3.05) is 11.1 Å². The van der Waals surface area contributed by atoms with Crippen molar-refractivity contribution >= 4 is 28.1 Å². The van der Waals surface area contributed by atoms with Crippen LogP contribution in [0.15, 0.2) is 18.2 Å². The van der Waals surface area contributed by atoms with Gasteiger partial charge < -0.3 is 11.1 Å². The lowest BCUT2D eigenvalue weighted by molar-refractivity contribution is 0.102. The average Bonchev–Trinajstić information content (AvgIpc) is 2.76. The van der Waals surface area contributed by atoms with Crippen LogP contribution >= 0.6 is 11.3 Å². The smallest absolute Gasteiger partial charge is 0.286 e. The third-order valence-corrected chi connectivity index (χ3v) is 3.37. The molecule has 0 spiro atoms. The molecular weight excluding hydrogens is 248 g/mol. The Morgan fingerprint density at radius 2 is 2.22 bits per heavy atom. The number of carbonyl (C=O) groups excluding carboxylic acids is 1. The molecule has 0 aliphatic carbocycles. The highest BCUT2D eigenvalue weighted by Crippen LogP contribution is 2.18. The van der Waals surface area contributed by atoms with Crippen molar-refractivity contribution in [1.82, 2.24) is 10.2 Å². The molecule has 3 N–H and O–H groups in total. The molecule has 0 fully saturated rings. The number of hydrogen-bond donors (Lipinski definition) is 2. The van der Waals surface area contributed by atoms with Gasteiger partial charge in [-0.15, -0.1) is 10.2 Å². The molecule has 0 aliphatic rings. The van der Waals surface area contributed by atoms with Gasteiger partial charge in [-0.3, -0.25) is 4.79 Å². The molecule has 1 aromatic heterocycles. The average molecular weight is 262 g/mol. The first-order valence-electron chi connectivity index (χ1n) is 5.60. The number of benzene rings is 1. The van der Waals surface area contributed by atoms with Crippen LogP contribution in [0.2, 0.25) is 0 Å². The summed E-state index contributed by atoms with van der Waals surface area (Å²) in [6, 6.07) is 5.84. The molecule has 6 heteroatoms. The van der Waals surface area contributed by atoms with E-state index in [0.29, 0.717) is 0 Å². The zero-order valence-electron chi connectivity index (χ0n) is 10.2. The summed E-state index contributed by atoms with van der Waals surface area (Å²) in [6.45, 7) is 4.13. The van der Waals surface area contributed by atoms with E-state index in [2.05, 4.69) is 22.4 Å². The molecule has 2 aromatic rings. The van der Waals surface area contributed by atoms with Crippen LogP contribution in [0.3, 0.4) is 0 Å². The molecule has 0 radical (unpaired) electrons. The van der Waals surface area contributed by atoms with E-state index >= 15 is 0 Å². The molecule has 0 saturated carbocycles. The Morgan fingerprint density at radius 1 is 1.44 bits per heavy atom. The second-order valence-electron chi connectivity index (χ2n) is 3.89. The van der Waals surface area contributed by atoms with Crippen LogP contribution in [-0.2, 0) is 6.42 Å². The minimum atomic E-state index is -0.284. The molecule has 0 unspecified atom stereocenters. The predicted molar refractivity (Wildman–Crippen MR) is 72.8 cm³/mol. The fourth-order valence-electron chi connectivity index (χ4n) is 1.68. The van der Waals surface area contributed by atoms with Crippen LogP contribution in [0.4, 0.5) is 10.8 Å². The van der Waals surface area contributed by atoms with E-state index in [9.17, 15) is 4.79 Å². The molecule has 1 heterocycles. The van der Waals surface area contributed by atoms with Gasteiger partial charge in [-0.05, 0) is 36.6 Å². The van der Waals surface area contributed by atoms with Gasteiger partial charge >= 0.3 is 0 Å². The van der Waals surface area contributed by atoms with Crippen LogP contribution in [0.1, 0.15) is 27.9 Å². The van der Waals surface area contributed by atoms with Gasteiger partial charge in [0.05, 0.1) is 0 Å². The Bertz CT molecular complexity index is 579. The predicted octanol–water partition coefficient (Wildman–Crippen LogP) is 2.24. The fourth-order valence-corrected chi connectivity index (χ4v) is 2.19. The van der Waals surface area contributed by atoms with Crippen LogP contribution < -0.4 is 11.1 Å². The Kier molecular flexibility index (Phi) is 3.57. The number of nitrogen functional groups attached to an aromatic ring is 1. The van der Waals surface area contributed by atoms with E-state index < -0.39 is 0 Å². The molecule has 0 saturated heterocycles. The number of aryl methyl sites for hydroxylation is 2. The maximum Gasteiger partial charge on any atom is 0.286 e. The Hall–Kier alpha value is -1.95. The quantitative estimate of drug-likeness (QED) is 0.889. The van der Waals surface area contributed by atoms with Crippen molar-refractivity contribution < 1.29 is 4.79 Å². The second-order valence-corrected chi connectivity index (χ2v) is 4.90. The van der Waals surface area contributed by atoms with Gasteiger partial charge in [-0.1, -0.05) is 24.3 Å². The number of anilines is 2. The number of aromatic nitrogens is 2. The van der Waals surface area contributed by atoms with Crippen molar-refractivity contribution in [1.29, 1.82) is 0 Å². The first-order chi connectivity index (χ1) is 8.60. The summed E-state index contributed by atoms with van der Waals surface area (Å²) >= 11 is 1.07. The maximum absolute atomic E-state index is 11.8. The molecule has 1 amide bonds. The highest BCUT2D eigenvalue weighted by atomic mass is 32.1. The van der Waals surface area contributed by atoms with Crippen molar-refractivity contribution in [3.05, 3.63) is 34.3 Å². The first kappa shape index (κ1) is 12.5. The molecule has 5 nitrogen and oxygen atoms in total. The molecule has 1 aromatic carbocycles. The zero-order valence-corrected chi connectivity index (χ0v) is 11.0. The van der Waals surface area contributed by atoms with E-state index in [-0.39, 0.29) is 16.0 Å². The molecule has 0 bridgehead atoms. The number of amides is 1. The molecule has 94 valence electrons.